The first-order valence-corrected chi connectivity index (χ1v) is 9.73. The lowest BCUT2D eigenvalue weighted by Gasteiger charge is -2.20. The number of hydrogen-bond acceptors (Lipinski definition) is 2. The zero-order chi connectivity index (χ0) is 18.8. The largest absolute Gasteiger partial charge is 0.325 e. The maximum atomic E-state index is 12.7. The molecule has 0 unspecified atom stereocenters. The molecule has 0 bridgehead atoms. The van der Waals surface area contributed by atoms with Gasteiger partial charge in [-0.2, -0.15) is 0 Å². The van der Waals surface area contributed by atoms with Crippen LogP contribution < -0.4 is 10.2 Å². The predicted octanol–water partition coefficient (Wildman–Crippen LogP) is 4.96. The monoisotopic (exact) mass is 434 g/mol. The van der Waals surface area contributed by atoms with Crippen LogP contribution in [0, 0.1) is 12.8 Å². The molecule has 26 heavy (non-hydrogen) atoms. The highest BCUT2D eigenvalue weighted by atomic mass is 79.9. The number of benzene rings is 2. The number of amides is 2. The Morgan fingerprint density at radius 2 is 2.04 bits per heavy atom. The summed E-state index contributed by atoms with van der Waals surface area (Å²) in [7, 11) is 0. The Morgan fingerprint density at radius 1 is 1.31 bits per heavy atom. The molecule has 0 aliphatic carbocycles. The van der Waals surface area contributed by atoms with Gasteiger partial charge in [0.2, 0.25) is 11.8 Å². The van der Waals surface area contributed by atoms with Gasteiger partial charge in [-0.3, -0.25) is 9.59 Å². The second-order valence-corrected chi connectivity index (χ2v) is 7.64. The quantitative estimate of drug-likeness (QED) is 0.737. The summed E-state index contributed by atoms with van der Waals surface area (Å²) in [5.41, 5.74) is 3.48. The highest BCUT2D eigenvalue weighted by molar-refractivity contribution is 9.10. The maximum Gasteiger partial charge on any atom is 0.229 e. The van der Waals surface area contributed by atoms with Crippen molar-refractivity contribution < 1.29 is 9.59 Å². The molecule has 136 valence electrons. The molecular formula is C20H20BrClN2O2. The minimum atomic E-state index is -0.380. The Kier molecular flexibility index (Phi) is 5.68. The van der Waals surface area contributed by atoms with Crippen LogP contribution in [0.2, 0.25) is 5.02 Å². The standard InChI is InChI=1S/C20H20BrClN2O2/c1-3-13-6-4-5-7-17(13)24-11-14(10-18(24)25)20(26)23-16-9-8-15(21)19(22)12(16)2/h4-9,14H,3,10-11H2,1-2H3,(H,23,26)/t14-/m0/s1. The highest BCUT2D eigenvalue weighted by Gasteiger charge is 2.36. The van der Waals surface area contributed by atoms with Crippen molar-refractivity contribution in [3.05, 3.63) is 57.0 Å². The van der Waals surface area contributed by atoms with Crippen LogP contribution in [0.25, 0.3) is 0 Å². The van der Waals surface area contributed by atoms with Crippen molar-refractivity contribution in [1.29, 1.82) is 0 Å². The van der Waals surface area contributed by atoms with Gasteiger partial charge in [0, 0.05) is 28.8 Å². The van der Waals surface area contributed by atoms with Crippen LogP contribution in [0.5, 0.6) is 0 Å². The number of rotatable bonds is 4. The third-order valence-corrected chi connectivity index (χ3v) is 6.13. The van der Waals surface area contributed by atoms with Crippen molar-refractivity contribution in [2.24, 2.45) is 5.92 Å². The minimum Gasteiger partial charge on any atom is -0.325 e. The molecule has 2 aromatic carbocycles. The maximum absolute atomic E-state index is 12.7. The number of halogens is 2. The third kappa shape index (κ3) is 3.64. The van der Waals surface area contributed by atoms with Crippen LogP contribution in [0.15, 0.2) is 40.9 Å². The zero-order valence-electron chi connectivity index (χ0n) is 14.7. The number of nitrogens with one attached hydrogen (secondary N) is 1. The van der Waals surface area contributed by atoms with Gasteiger partial charge in [-0.1, -0.05) is 36.7 Å². The first kappa shape index (κ1) is 18.9. The normalized spacial score (nSPS) is 16.8. The van der Waals surface area contributed by atoms with Crippen LogP contribution >= 0.6 is 27.5 Å². The van der Waals surface area contributed by atoms with Crippen LogP contribution in [0.3, 0.4) is 0 Å². The molecule has 4 nitrogen and oxygen atoms in total. The van der Waals surface area contributed by atoms with E-state index >= 15 is 0 Å². The van der Waals surface area contributed by atoms with Gasteiger partial charge >= 0.3 is 0 Å². The summed E-state index contributed by atoms with van der Waals surface area (Å²) in [5, 5.41) is 3.49. The van der Waals surface area contributed by atoms with E-state index in [1.165, 1.54) is 0 Å². The first-order valence-electron chi connectivity index (χ1n) is 8.56. The van der Waals surface area contributed by atoms with Crippen LogP contribution in [0.4, 0.5) is 11.4 Å². The number of hydrogen-bond donors (Lipinski definition) is 1. The number of carbonyl (C=O) groups is 2. The fraction of sp³-hybridized carbons (Fsp3) is 0.300. The molecule has 1 aliphatic heterocycles. The predicted molar refractivity (Wildman–Crippen MR) is 109 cm³/mol. The van der Waals surface area contributed by atoms with Gasteiger partial charge < -0.3 is 10.2 Å². The fourth-order valence-corrected chi connectivity index (χ4v) is 3.81. The van der Waals surface area contributed by atoms with Gasteiger partial charge in [-0.05, 0) is 58.6 Å². The van der Waals surface area contributed by atoms with Crippen LogP contribution in [-0.4, -0.2) is 18.4 Å². The summed E-state index contributed by atoms with van der Waals surface area (Å²) in [4.78, 5) is 26.9. The lowest BCUT2D eigenvalue weighted by Crippen LogP contribution is -2.28. The third-order valence-electron chi connectivity index (χ3n) is 4.76. The number of aryl methyl sites for hydroxylation is 1. The average molecular weight is 436 g/mol. The van der Waals surface area contributed by atoms with E-state index < -0.39 is 0 Å². The Bertz CT molecular complexity index is 869. The van der Waals surface area contributed by atoms with E-state index in [0.717, 1.165) is 27.7 Å². The van der Waals surface area contributed by atoms with Gasteiger partial charge in [0.15, 0.2) is 0 Å². The Labute approximate surface area is 166 Å². The van der Waals surface area contributed by atoms with Crippen molar-refractivity contribution in [3.8, 4) is 0 Å². The van der Waals surface area contributed by atoms with Gasteiger partial charge in [-0.15, -0.1) is 0 Å². The lowest BCUT2D eigenvalue weighted by molar-refractivity contribution is -0.122. The lowest BCUT2D eigenvalue weighted by atomic mass is 10.1. The summed E-state index contributed by atoms with van der Waals surface area (Å²) in [6.45, 7) is 4.31. The molecule has 3 rings (SSSR count). The van der Waals surface area contributed by atoms with E-state index in [9.17, 15) is 9.59 Å². The second-order valence-electron chi connectivity index (χ2n) is 6.41. The molecule has 1 aliphatic rings. The van der Waals surface area contributed by atoms with Crippen molar-refractivity contribution in [2.45, 2.75) is 26.7 Å². The molecule has 0 aromatic heterocycles. The second kappa shape index (κ2) is 7.80. The van der Waals surface area contributed by atoms with E-state index in [1.54, 1.807) is 11.0 Å². The summed E-state index contributed by atoms with van der Waals surface area (Å²) < 4.78 is 0.785. The van der Waals surface area contributed by atoms with Gasteiger partial charge in [-0.25, -0.2) is 0 Å². The van der Waals surface area contributed by atoms with Gasteiger partial charge in [0.05, 0.1) is 10.9 Å². The topological polar surface area (TPSA) is 49.4 Å². The molecule has 1 saturated heterocycles. The minimum absolute atomic E-state index is 0.0170. The number of nitrogens with zero attached hydrogens (tertiary/aromatic N) is 1. The molecule has 0 saturated carbocycles. The molecule has 2 aromatic rings. The van der Waals surface area contributed by atoms with Crippen molar-refractivity contribution in [3.63, 3.8) is 0 Å². The van der Waals surface area contributed by atoms with Crippen LogP contribution in [0.1, 0.15) is 24.5 Å². The molecule has 0 radical (unpaired) electrons. The van der Waals surface area contributed by atoms with Crippen LogP contribution in [-0.2, 0) is 16.0 Å². The molecule has 6 heteroatoms. The SMILES string of the molecule is CCc1ccccc1N1C[C@@H](C(=O)Nc2ccc(Br)c(Cl)c2C)CC1=O. The summed E-state index contributed by atoms with van der Waals surface area (Å²) in [6.07, 6.45) is 1.06. The molecule has 1 heterocycles. The average Bonchev–Trinajstić information content (AvgIpc) is 3.03. The molecule has 1 N–H and O–H groups in total. The Morgan fingerprint density at radius 3 is 2.77 bits per heavy atom. The van der Waals surface area contributed by atoms with Crippen molar-refractivity contribution in [1.82, 2.24) is 0 Å². The molecular weight excluding hydrogens is 416 g/mol. The van der Waals surface area contributed by atoms with E-state index in [4.69, 9.17) is 11.6 Å². The number of carbonyl (C=O) groups excluding carboxylic acids is 2. The highest BCUT2D eigenvalue weighted by Crippen LogP contribution is 2.33. The van der Waals surface area contributed by atoms with E-state index in [2.05, 4.69) is 28.2 Å². The van der Waals surface area contributed by atoms with Crippen molar-refractivity contribution >= 4 is 50.7 Å². The molecule has 0 spiro atoms. The summed E-state index contributed by atoms with van der Waals surface area (Å²) in [6, 6.07) is 11.5. The van der Waals surface area contributed by atoms with E-state index in [0.29, 0.717) is 17.3 Å². The molecule has 1 fully saturated rings. The molecule has 1 atom stereocenters. The van der Waals surface area contributed by atoms with Gasteiger partial charge in [0.1, 0.15) is 0 Å². The van der Waals surface area contributed by atoms with E-state index in [-0.39, 0.29) is 24.2 Å². The smallest absolute Gasteiger partial charge is 0.229 e. The summed E-state index contributed by atoms with van der Waals surface area (Å²) in [5.74, 6) is -0.554. The first-order chi connectivity index (χ1) is 12.4. The Hall–Kier alpha value is -1.85. The fourth-order valence-electron chi connectivity index (χ4n) is 3.21. The van der Waals surface area contributed by atoms with Crippen molar-refractivity contribution in [2.75, 3.05) is 16.8 Å². The number of para-hydroxylation sites is 1. The summed E-state index contributed by atoms with van der Waals surface area (Å²) >= 11 is 9.60. The molecule has 2 amide bonds. The Balaban J connectivity index is 1.76. The van der Waals surface area contributed by atoms with E-state index in [1.807, 2.05) is 37.3 Å². The number of anilines is 2. The van der Waals surface area contributed by atoms with Gasteiger partial charge in [0.25, 0.3) is 0 Å². The zero-order valence-corrected chi connectivity index (χ0v) is 17.0.